The molecule has 0 aromatic heterocycles. The molecule has 0 amide bonds. The molecule has 0 bridgehead atoms. The minimum atomic E-state index is -3.88. The third-order valence-electron chi connectivity index (χ3n) is 4.53. The predicted octanol–water partition coefficient (Wildman–Crippen LogP) is 2.89. The topological polar surface area (TPSA) is 95.7 Å². The molecule has 0 spiro atoms. The van der Waals surface area contributed by atoms with Gasteiger partial charge >= 0.3 is 0 Å². The standard InChI is InChI=1S/C20H29N3O3S.2ClH/c1-15(9-10-16-7-5-4-6-8-16)22-14-19(24)17-11-12-18(23(2)3)20(13-17)27(21,25)26;;/h4-8,11-13,15,19,22,24H,9-10,14H2,1-3H3,(H2,21,25,26);2*1H. The molecule has 2 aromatic rings. The van der Waals surface area contributed by atoms with Crippen LogP contribution in [0.25, 0.3) is 0 Å². The molecule has 0 aliphatic heterocycles. The molecule has 0 aliphatic rings. The Balaban J connectivity index is 0.00000392. The van der Waals surface area contributed by atoms with Gasteiger partial charge in [0, 0.05) is 26.7 Å². The van der Waals surface area contributed by atoms with Crippen LogP contribution in [0.5, 0.6) is 0 Å². The molecule has 0 saturated heterocycles. The Morgan fingerprint density at radius 3 is 2.28 bits per heavy atom. The maximum absolute atomic E-state index is 11.9. The minimum absolute atomic E-state index is 0. The van der Waals surface area contributed by atoms with Crippen LogP contribution in [-0.4, -0.2) is 40.2 Å². The largest absolute Gasteiger partial charge is 0.387 e. The van der Waals surface area contributed by atoms with Crippen LogP contribution < -0.4 is 15.4 Å². The van der Waals surface area contributed by atoms with Crippen LogP contribution in [0.2, 0.25) is 0 Å². The molecule has 0 saturated carbocycles. The van der Waals surface area contributed by atoms with Crippen molar-refractivity contribution in [3.63, 3.8) is 0 Å². The number of hydrogen-bond donors (Lipinski definition) is 3. The van der Waals surface area contributed by atoms with E-state index in [-0.39, 0.29) is 35.8 Å². The average molecular weight is 464 g/mol. The summed E-state index contributed by atoms with van der Waals surface area (Å²) < 4.78 is 23.7. The van der Waals surface area contributed by atoms with E-state index >= 15 is 0 Å². The highest BCUT2D eigenvalue weighted by Crippen LogP contribution is 2.26. The van der Waals surface area contributed by atoms with E-state index in [2.05, 4.69) is 24.4 Å². The Bertz CT molecular complexity index is 849. The summed E-state index contributed by atoms with van der Waals surface area (Å²) >= 11 is 0. The van der Waals surface area contributed by atoms with E-state index in [9.17, 15) is 13.5 Å². The van der Waals surface area contributed by atoms with Crippen molar-refractivity contribution in [2.75, 3.05) is 25.5 Å². The number of anilines is 1. The van der Waals surface area contributed by atoms with E-state index in [4.69, 9.17) is 5.14 Å². The first kappa shape index (κ1) is 27.6. The third kappa shape index (κ3) is 8.50. The molecule has 9 heteroatoms. The summed E-state index contributed by atoms with van der Waals surface area (Å²) in [5.41, 5.74) is 2.30. The Morgan fingerprint density at radius 2 is 1.72 bits per heavy atom. The van der Waals surface area contributed by atoms with Crippen LogP contribution in [-0.2, 0) is 16.4 Å². The van der Waals surface area contributed by atoms with Gasteiger partial charge in [-0.05, 0) is 43.0 Å². The van der Waals surface area contributed by atoms with E-state index in [1.807, 2.05) is 18.2 Å². The Kier molecular flexibility index (Phi) is 11.8. The van der Waals surface area contributed by atoms with Crippen molar-refractivity contribution in [3.05, 3.63) is 59.7 Å². The first-order valence-corrected chi connectivity index (χ1v) is 10.5. The van der Waals surface area contributed by atoms with Crippen LogP contribution in [0.15, 0.2) is 53.4 Å². The highest BCUT2D eigenvalue weighted by molar-refractivity contribution is 7.89. The highest BCUT2D eigenvalue weighted by atomic mass is 35.5. The van der Waals surface area contributed by atoms with Gasteiger partial charge < -0.3 is 15.3 Å². The zero-order valence-corrected chi connectivity index (χ0v) is 19.4. The van der Waals surface area contributed by atoms with E-state index in [0.29, 0.717) is 17.8 Å². The number of benzene rings is 2. The average Bonchev–Trinajstić information content (AvgIpc) is 2.64. The number of halogens is 2. The number of rotatable bonds is 9. The lowest BCUT2D eigenvalue weighted by Gasteiger charge is -2.20. The Morgan fingerprint density at radius 1 is 1.10 bits per heavy atom. The molecular formula is C20H31Cl2N3O3S. The van der Waals surface area contributed by atoms with Gasteiger partial charge in [-0.25, -0.2) is 13.6 Å². The summed E-state index contributed by atoms with van der Waals surface area (Å²) in [5.74, 6) is 0. The van der Waals surface area contributed by atoms with E-state index in [0.717, 1.165) is 12.8 Å². The zero-order valence-electron chi connectivity index (χ0n) is 16.9. The molecule has 0 radical (unpaired) electrons. The Labute approximate surface area is 186 Å². The summed E-state index contributed by atoms with van der Waals surface area (Å²) in [6.45, 7) is 2.40. The van der Waals surface area contributed by atoms with Gasteiger partial charge in [-0.15, -0.1) is 24.8 Å². The van der Waals surface area contributed by atoms with Gasteiger partial charge in [0.05, 0.1) is 11.8 Å². The number of aliphatic hydroxyl groups excluding tert-OH is 1. The first-order valence-electron chi connectivity index (χ1n) is 8.98. The fourth-order valence-electron chi connectivity index (χ4n) is 2.90. The molecule has 2 rings (SSSR count). The summed E-state index contributed by atoms with van der Waals surface area (Å²) in [7, 11) is -0.386. The molecule has 0 fully saturated rings. The van der Waals surface area contributed by atoms with Crippen LogP contribution in [0.4, 0.5) is 5.69 Å². The van der Waals surface area contributed by atoms with Crippen molar-refractivity contribution in [2.24, 2.45) is 5.14 Å². The fourth-order valence-corrected chi connectivity index (χ4v) is 3.74. The summed E-state index contributed by atoms with van der Waals surface area (Å²) in [5, 5.41) is 19.1. The second kappa shape index (κ2) is 12.4. The number of aryl methyl sites for hydroxylation is 1. The van der Waals surface area contributed by atoms with Crippen LogP contribution in [0.3, 0.4) is 0 Å². The van der Waals surface area contributed by atoms with Crippen LogP contribution >= 0.6 is 24.8 Å². The van der Waals surface area contributed by atoms with E-state index in [1.165, 1.54) is 11.6 Å². The Hall–Kier alpha value is -1.35. The van der Waals surface area contributed by atoms with Gasteiger partial charge in [0.2, 0.25) is 10.0 Å². The second-order valence-corrected chi connectivity index (χ2v) is 8.55. The SMILES string of the molecule is CC(CCc1ccccc1)NCC(O)c1ccc(N(C)C)c(S(N)(=O)=O)c1.Cl.Cl. The maximum atomic E-state index is 11.9. The lowest BCUT2D eigenvalue weighted by molar-refractivity contribution is 0.170. The van der Waals surface area contributed by atoms with Crippen molar-refractivity contribution in [2.45, 2.75) is 36.8 Å². The van der Waals surface area contributed by atoms with Gasteiger partial charge in [0.1, 0.15) is 4.90 Å². The van der Waals surface area contributed by atoms with Gasteiger partial charge in [-0.2, -0.15) is 0 Å². The normalized spacial score (nSPS) is 13.0. The quantitative estimate of drug-likeness (QED) is 0.531. The summed E-state index contributed by atoms with van der Waals surface area (Å²) in [6.07, 6.45) is 1.08. The number of nitrogens with one attached hydrogen (secondary N) is 1. The molecule has 2 atom stereocenters. The second-order valence-electron chi connectivity index (χ2n) is 7.02. The fraction of sp³-hybridized carbons (Fsp3) is 0.400. The van der Waals surface area contributed by atoms with Crippen LogP contribution in [0.1, 0.15) is 30.6 Å². The molecule has 29 heavy (non-hydrogen) atoms. The van der Waals surface area contributed by atoms with E-state index in [1.54, 1.807) is 31.1 Å². The van der Waals surface area contributed by atoms with Gasteiger partial charge in [0.15, 0.2) is 0 Å². The highest BCUT2D eigenvalue weighted by Gasteiger charge is 2.19. The lowest BCUT2D eigenvalue weighted by Crippen LogP contribution is -2.31. The number of primary sulfonamides is 1. The van der Waals surface area contributed by atoms with Crippen molar-refractivity contribution >= 4 is 40.5 Å². The third-order valence-corrected chi connectivity index (χ3v) is 5.47. The maximum Gasteiger partial charge on any atom is 0.240 e. The molecule has 4 N–H and O–H groups in total. The monoisotopic (exact) mass is 463 g/mol. The molecular weight excluding hydrogens is 433 g/mol. The molecule has 2 aromatic carbocycles. The van der Waals surface area contributed by atoms with Crippen molar-refractivity contribution < 1.29 is 13.5 Å². The van der Waals surface area contributed by atoms with Crippen molar-refractivity contribution in [1.82, 2.24) is 5.32 Å². The zero-order chi connectivity index (χ0) is 20.0. The van der Waals surface area contributed by atoms with Gasteiger partial charge in [0.25, 0.3) is 0 Å². The molecule has 0 aliphatic carbocycles. The smallest absolute Gasteiger partial charge is 0.240 e. The number of aliphatic hydroxyl groups is 1. The van der Waals surface area contributed by atoms with Gasteiger partial charge in [-0.3, -0.25) is 0 Å². The molecule has 6 nitrogen and oxygen atoms in total. The molecule has 0 heterocycles. The van der Waals surface area contributed by atoms with Gasteiger partial charge in [-0.1, -0.05) is 36.4 Å². The molecule has 2 unspecified atom stereocenters. The minimum Gasteiger partial charge on any atom is -0.387 e. The van der Waals surface area contributed by atoms with Crippen LogP contribution in [0, 0.1) is 0 Å². The number of nitrogens with zero attached hydrogens (tertiary/aromatic N) is 1. The van der Waals surface area contributed by atoms with Crippen molar-refractivity contribution in [3.8, 4) is 0 Å². The summed E-state index contributed by atoms with van der Waals surface area (Å²) in [6, 6.07) is 15.3. The van der Waals surface area contributed by atoms with Crippen molar-refractivity contribution in [1.29, 1.82) is 0 Å². The first-order chi connectivity index (χ1) is 12.7. The molecule has 164 valence electrons. The lowest BCUT2D eigenvalue weighted by atomic mass is 10.1. The summed E-state index contributed by atoms with van der Waals surface area (Å²) in [4.78, 5) is 1.70. The van der Waals surface area contributed by atoms with E-state index < -0.39 is 16.1 Å². The number of hydrogen-bond acceptors (Lipinski definition) is 5. The number of sulfonamides is 1. The predicted molar refractivity (Wildman–Crippen MR) is 124 cm³/mol. The number of nitrogens with two attached hydrogens (primary N) is 1.